The Hall–Kier alpha value is -0.730. The maximum atomic E-state index is 11.5. The van der Waals surface area contributed by atoms with Gasteiger partial charge in [0.05, 0.1) is 53.4 Å². The van der Waals surface area contributed by atoms with Crippen molar-refractivity contribution in [3.8, 4) is 0 Å². The quantitative estimate of drug-likeness (QED) is 0.357. The van der Waals surface area contributed by atoms with Crippen LogP contribution in [0, 0.1) is 0 Å². The number of ether oxygens (including phenoxy) is 5. The van der Waals surface area contributed by atoms with Gasteiger partial charge in [0.15, 0.2) is 0 Å². The average molecular weight is 305 g/mol. The second-order valence-corrected chi connectivity index (χ2v) is 4.81. The normalized spacial score (nSPS) is 15.9. The highest BCUT2D eigenvalue weighted by Crippen LogP contribution is 2.19. The lowest BCUT2D eigenvalue weighted by molar-refractivity contribution is -0.145. The van der Waals surface area contributed by atoms with Crippen LogP contribution in [0.15, 0.2) is 0 Å². The van der Waals surface area contributed by atoms with E-state index in [1.165, 1.54) is 7.11 Å². The van der Waals surface area contributed by atoms with E-state index in [0.717, 1.165) is 12.8 Å². The minimum absolute atomic E-state index is 0.283. The fraction of sp³-hybridized carbons (Fsp3) is 0.929. The zero-order valence-electron chi connectivity index (χ0n) is 13.0. The van der Waals surface area contributed by atoms with E-state index in [2.05, 4.69) is 5.32 Å². The third kappa shape index (κ3) is 9.76. The summed E-state index contributed by atoms with van der Waals surface area (Å²) in [5.41, 5.74) is 0. The second kappa shape index (κ2) is 11.9. The van der Waals surface area contributed by atoms with Gasteiger partial charge in [-0.2, -0.15) is 0 Å². The van der Waals surface area contributed by atoms with Gasteiger partial charge in [-0.15, -0.1) is 0 Å². The molecule has 0 heterocycles. The summed E-state index contributed by atoms with van der Waals surface area (Å²) in [6, 6.07) is 0.0399. The van der Waals surface area contributed by atoms with E-state index in [1.54, 1.807) is 7.11 Å². The number of rotatable bonds is 14. The third-order valence-electron chi connectivity index (χ3n) is 2.96. The molecule has 1 N–H and O–H groups in total. The lowest BCUT2D eigenvalue weighted by Gasteiger charge is -2.16. The Balaban J connectivity index is 1.92. The first-order chi connectivity index (χ1) is 10.3. The predicted molar refractivity (Wildman–Crippen MR) is 76.3 cm³/mol. The number of hydrogen-bond donors (Lipinski definition) is 1. The van der Waals surface area contributed by atoms with Gasteiger partial charge in [0, 0.05) is 13.2 Å². The molecular formula is C14H27NO6. The maximum Gasteiger partial charge on any atom is 0.325 e. The summed E-state index contributed by atoms with van der Waals surface area (Å²) in [6.45, 7) is 3.45. The molecule has 0 saturated heterocycles. The van der Waals surface area contributed by atoms with Crippen molar-refractivity contribution in [2.24, 2.45) is 0 Å². The Morgan fingerprint density at radius 1 is 1.00 bits per heavy atom. The van der Waals surface area contributed by atoms with E-state index < -0.39 is 0 Å². The Kier molecular flexibility index (Phi) is 10.4. The van der Waals surface area contributed by atoms with Gasteiger partial charge in [0.25, 0.3) is 0 Å². The number of methoxy groups -OCH3 is 2. The van der Waals surface area contributed by atoms with Crippen LogP contribution in [0.5, 0.6) is 0 Å². The van der Waals surface area contributed by atoms with Crippen LogP contribution in [-0.4, -0.2) is 78.5 Å². The fourth-order valence-electron chi connectivity index (χ4n) is 1.64. The second-order valence-electron chi connectivity index (χ2n) is 4.81. The minimum atomic E-state index is -0.389. The van der Waals surface area contributed by atoms with Gasteiger partial charge < -0.3 is 23.7 Å². The number of carbonyl (C=O) groups is 1. The molecule has 1 aliphatic rings. The van der Waals surface area contributed by atoms with E-state index in [9.17, 15) is 4.79 Å². The van der Waals surface area contributed by atoms with Crippen molar-refractivity contribution < 1.29 is 28.5 Å². The van der Waals surface area contributed by atoms with Crippen molar-refractivity contribution in [2.75, 3.05) is 60.5 Å². The molecule has 124 valence electrons. The van der Waals surface area contributed by atoms with Crippen molar-refractivity contribution in [3.63, 3.8) is 0 Å². The minimum Gasteiger partial charge on any atom is -0.468 e. The van der Waals surface area contributed by atoms with Gasteiger partial charge in [-0.05, 0) is 12.8 Å². The highest BCUT2D eigenvalue weighted by Gasteiger charge is 2.28. The molecule has 1 rings (SSSR count). The standard InChI is InChI=1S/C14H27NO6/c1-17-5-6-19-7-8-20-9-10-21-11-13(14(16)18-2)15-12-3-4-12/h12-13,15H,3-11H2,1-2H3. The number of hydrogen-bond acceptors (Lipinski definition) is 7. The molecular weight excluding hydrogens is 278 g/mol. The zero-order chi connectivity index (χ0) is 15.3. The molecule has 0 bridgehead atoms. The SMILES string of the molecule is COCCOCCOCCOCC(NC1CC1)C(=O)OC. The Labute approximate surface area is 126 Å². The van der Waals surface area contributed by atoms with E-state index in [0.29, 0.717) is 52.3 Å². The number of esters is 1. The Morgan fingerprint density at radius 3 is 2.10 bits per heavy atom. The molecule has 7 nitrogen and oxygen atoms in total. The molecule has 1 unspecified atom stereocenters. The van der Waals surface area contributed by atoms with E-state index in [-0.39, 0.29) is 12.0 Å². The first kappa shape index (κ1) is 18.3. The average Bonchev–Trinajstić information content (AvgIpc) is 3.31. The monoisotopic (exact) mass is 305 g/mol. The largest absolute Gasteiger partial charge is 0.468 e. The van der Waals surface area contributed by atoms with Crippen molar-refractivity contribution in [3.05, 3.63) is 0 Å². The van der Waals surface area contributed by atoms with Gasteiger partial charge in [0.2, 0.25) is 0 Å². The highest BCUT2D eigenvalue weighted by atomic mass is 16.6. The van der Waals surface area contributed by atoms with Gasteiger partial charge in [-0.1, -0.05) is 0 Å². The summed E-state index contributed by atoms with van der Waals surface area (Å²) in [6.07, 6.45) is 2.22. The molecule has 21 heavy (non-hydrogen) atoms. The number of carbonyl (C=O) groups excluding carboxylic acids is 1. The molecule has 0 spiro atoms. The molecule has 0 amide bonds. The van der Waals surface area contributed by atoms with E-state index in [4.69, 9.17) is 23.7 Å². The van der Waals surface area contributed by atoms with Gasteiger partial charge in [-0.3, -0.25) is 10.1 Å². The van der Waals surface area contributed by atoms with Crippen LogP contribution in [0.4, 0.5) is 0 Å². The van der Waals surface area contributed by atoms with Crippen LogP contribution in [0.3, 0.4) is 0 Å². The van der Waals surface area contributed by atoms with Crippen LogP contribution in [0.1, 0.15) is 12.8 Å². The molecule has 1 fully saturated rings. The lowest BCUT2D eigenvalue weighted by Crippen LogP contribution is -2.42. The zero-order valence-corrected chi connectivity index (χ0v) is 13.0. The molecule has 0 aliphatic heterocycles. The summed E-state index contributed by atoms with van der Waals surface area (Å²) in [4.78, 5) is 11.5. The summed E-state index contributed by atoms with van der Waals surface area (Å²) < 4.78 is 25.6. The molecule has 1 aliphatic carbocycles. The Bertz CT molecular complexity index is 272. The molecule has 0 aromatic heterocycles. The van der Waals surface area contributed by atoms with Crippen LogP contribution < -0.4 is 5.32 Å². The van der Waals surface area contributed by atoms with E-state index >= 15 is 0 Å². The smallest absolute Gasteiger partial charge is 0.325 e. The van der Waals surface area contributed by atoms with Crippen LogP contribution in [0.25, 0.3) is 0 Å². The van der Waals surface area contributed by atoms with Gasteiger partial charge in [-0.25, -0.2) is 0 Å². The Morgan fingerprint density at radius 2 is 1.57 bits per heavy atom. The molecule has 1 atom stereocenters. The summed E-state index contributed by atoms with van der Waals surface area (Å²) >= 11 is 0. The lowest BCUT2D eigenvalue weighted by atomic mass is 10.3. The first-order valence-corrected chi connectivity index (χ1v) is 7.34. The van der Waals surface area contributed by atoms with Gasteiger partial charge >= 0.3 is 5.97 Å². The van der Waals surface area contributed by atoms with Crippen molar-refractivity contribution in [1.82, 2.24) is 5.32 Å². The maximum absolute atomic E-state index is 11.5. The molecule has 7 heteroatoms. The third-order valence-corrected chi connectivity index (χ3v) is 2.96. The predicted octanol–water partition coefficient (Wildman–Crippen LogP) is -0.0238. The van der Waals surface area contributed by atoms with E-state index in [1.807, 2.05) is 0 Å². The van der Waals surface area contributed by atoms with Crippen molar-refractivity contribution >= 4 is 5.97 Å². The highest BCUT2D eigenvalue weighted by molar-refractivity contribution is 5.75. The molecule has 1 saturated carbocycles. The van der Waals surface area contributed by atoms with Crippen molar-refractivity contribution in [1.29, 1.82) is 0 Å². The summed E-state index contributed by atoms with van der Waals surface area (Å²) in [5.74, 6) is -0.283. The van der Waals surface area contributed by atoms with Gasteiger partial charge in [0.1, 0.15) is 6.04 Å². The molecule has 0 aromatic carbocycles. The van der Waals surface area contributed by atoms with Crippen LogP contribution >= 0.6 is 0 Å². The molecule has 0 aromatic rings. The van der Waals surface area contributed by atoms with Crippen LogP contribution in [-0.2, 0) is 28.5 Å². The molecule has 0 radical (unpaired) electrons. The van der Waals surface area contributed by atoms with Crippen LogP contribution in [0.2, 0.25) is 0 Å². The topological polar surface area (TPSA) is 75.3 Å². The summed E-state index contributed by atoms with van der Waals surface area (Å²) in [7, 11) is 3.02. The van der Waals surface area contributed by atoms with Crippen molar-refractivity contribution in [2.45, 2.75) is 24.9 Å². The fourth-order valence-corrected chi connectivity index (χ4v) is 1.64. The number of nitrogens with one attached hydrogen (secondary N) is 1. The first-order valence-electron chi connectivity index (χ1n) is 7.34. The summed E-state index contributed by atoms with van der Waals surface area (Å²) in [5, 5.41) is 3.20.